The maximum atomic E-state index is 5.51. The molecule has 0 amide bonds. The van der Waals surface area contributed by atoms with Crippen molar-refractivity contribution in [2.45, 2.75) is 13.0 Å². The quantitative estimate of drug-likeness (QED) is 0.654. The summed E-state index contributed by atoms with van der Waals surface area (Å²) in [6.45, 7) is 2.64. The molecular weight excluding hydrogens is 172 g/mol. The van der Waals surface area contributed by atoms with Crippen LogP contribution in [0.1, 0.15) is 18.6 Å². The van der Waals surface area contributed by atoms with E-state index < -0.39 is 0 Å². The molecule has 0 fully saturated rings. The molecule has 0 aliphatic rings. The van der Waals surface area contributed by atoms with Gasteiger partial charge in [0.05, 0.1) is 12.7 Å². The molecule has 1 aromatic rings. The molecular formula is C10H13ClO. The molecule has 0 saturated heterocycles. The molecule has 12 heavy (non-hydrogen) atoms. The number of rotatable bonds is 4. The van der Waals surface area contributed by atoms with Crippen LogP contribution in [0.5, 0.6) is 0 Å². The van der Waals surface area contributed by atoms with Crippen molar-refractivity contribution in [3.05, 3.63) is 35.9 Å². The van der Waals surface area contributed by atoms with Gasteiger partial charge in [-0.25, -0.2) is 0 Å². The summed E-state index contributed by atoms with van der Waals surface area (Å²) in [5.41, 5.74) is 1.20. The molecule has 0 N–H and O–H groups in total. The van der Waals surface area contributed by atoms with Gasteiger partial charge in [-0.2, -0.15) is 0 Å². The van der Waals surface area contributed by atoms with Crippen LogP contribution in [-0.2, 0) is 4.74 Å². The monoisotopic (exact) mass is 184 g/mol. The number of hydrogen-bond acceptors (Lipinski definition) is 1. The molecule has 1 unspecified atom stereocenters. The molecule has 2 heteroatoms. The van der Waals surface area contributed by atoms with E-state index in [9.17, 15) is 0 Å². The van der Waals surface area contributed by atoms with Gasteiger partial charge in [-0.3, -0.25) is 0 Å². The third kappa shape index (κ3) is 2.84. The lowest BCUT2D eigenvalue weighted by atomic mass is 10.1. The molecule has 0 aromatic heterocycles. The Balaban J connectivity index is 2.48. The molecule has 0 aliphatic carbocycles. The van der Waals surface area contributed by atoms with Gasteiger partial charge in [0, 0.05) is 5.88 Å². The van der Waals surface area contributed by atoms with Crippen LogP contribution in [0.25, 0.3) is 0 Å². The highest BCUT2D eigenvalue weighted by molar-refractivity contribution is 6.17. The van der Waals surface area contributed by atoms with Crippen molar-refractivity contribution < 1.29 is 4.74 Å². The normalized spacial score (nSPS) is 12.8. The van der Waals surface area contributed by atoms with E-state index in [-0.39, 0.29) is 6.10 Å². The van der Waals surface area contributed by atoms with Crippen LogP contribution in [0.4, 0.5) is 0 Å². The van der Waals surface area contributed by atoms with E-state index in [1.165, 1.54) is 5.56 Å². The van der Waals surface area contributed by atoms with E-state index >= 15 is 0 Å². The lowest BCUT2D eigenvalue weighted by Gasteiger charge is -2.11. The Morgan fingerprint density at radius 3 is 2.58 bits per heavy atom. The first kappa shape index (κ1) is 9.56. The lowest BCUT2D eigenvalue weighted by molar-refractivity contribution is 0.0779. The van der Waals surface area contributed by atoms with Crippen molar-refractivity contribution in [2.75, 3.05) is 12.5 Å². The van der Waals surface area contributed by atoms with Crippen LogP contribution < -0.4 is 0 Å². The number of ether oxygens (including phenoxy) is 1. The van der Waals surface area contributed by atoms with E-state index in [0.29, 0.717) is 12.5 Å². The van der Waals surface area contributed by atoms with Crippen molar-refractivity contribution in [2.24, 2.45) is 0 Å². The first-order valence-corrected chi connectivity index (χ1v) is 4.60. The van der Waals surface area contributed by atoms with Crippen LogP contribution >= 0.6 is 11.6 Å². The van der Waals surface area contributed by atoms with Gasteiger partial charge in [-0.15, -0.1) is 11.6 Å². The summed E-state index contributed by atoms with van der Waals surface area (Å²) in [7, 11) is 0. The van der Waals surface area contributed by atoms with Crippen LogP contribution in [0.15, 0.2) is 30.3 Å². The SMILES string of the molecule is CC(OCCCl)c1ccccc1. The van der Waals surface area contributed by atoms with Crippen molar-refractivity contribution in [1.29, 1.82) is 0 Å². The van der Waals surface area contributed by atoms with Gasteiger partial charge in [-0.05, 0) is 12.5 Å². The summed E-state index contributed by atoms with van der Waals surface area (Å²) in [6.07, 6.45) is 0.143. The molecule has 1 atom stereocenters. The predicted octanol–water partition coefficient (Wildman–Crippen LogP) is 3.00. The maximum absolute atomic E-state index is 5.51. The minimum absolute atomic E-state index is 0.143. The second-order valence-electron chi connectivity index (χ2n) is 2.61. The van der Waals surface area contributed by atoms with Crippen molar-refractivity contribution >= 4 is 11.6 Å². The molecule has 0 saturated carbocycles. The second-order valence-corrected chi connectivity index (χ2v) is 2.99. The Morgan fingerprint density at radius 1 is 1.33 bits per heavy atom. The number of alkyl halides is 1. The summed E-state index contributed by atoms with van der Waals surface area (Å²) in [6, 6.07) is 10.1. The Labute approximate surface area is 78.3 Å². The number of hydrogen-bond donors (Lipinski definition) is 0. The van der Waals surface area contributed by atoms with E-state index in [4.69, 9.17) is 16.3 Å². The fourth-order valence-corrected chi connectivity index (χ4v) is 1.13. The zero-order chi connectivity index (χ0) is 8.81. The molecule has 1 nitrogen and oxygen atoms in total. The van der Waals surface area contributed by atoms with Crippen LogP contribution in [-0.4, -0.2) is 12.5 Å². The molecule has 0 bridgehead atoms. The van der Waals surface area contributed by atoms with Gasteiger partial charge in [0.15, 0.2) is 0 Å². The summed E-state index contributed by atoms with van der Waals surface area (Å²) in [5.74, 6) is 0.553. The van der Waals surface area contributed by atoms with Crippen molar-refractivity contribution in [3.8, 4) is 0 Å². The van der Waals surface area contributed by atoms with Gasteiger partial charge < -0.3 is 4.74 Å². The zero-order valence-corrected chi connectivity index (χ0v) is 7.92. The average molecular weight is 185 g/mol. The first-order chi connectivity index (χ1) is 5.84. The number of halogens is 1. The summed E-state index contributed by atoms with van der Waals surface area (Å²) >= 11 is 5.51. The van der Waals surface area contributed by atoms with Crippen molar-refractivity contribution in [3.63, 3.8) is 0 Å². The molecule has 0 aliphatic heterocycles. The minimum Gasteiger partial charge on any atom is -0.373 e. The van der Waals surface area contributed by atoms with E-state index in [1.54, 1.807) is 0 Å². The predicted molar refractivity (Wildman–Crippen MR) is 51.5 cm³/mol. The number of benzene rings is 1. The Kier molecular flexibility index (Phi) is 4.12. The summed E-state index contributed by atoms with van der Waals surface area (Å²) in [5, 5.41) is 0. The van der Waals surface area contributed by atoms with Crippen LogP contribution in [0.3, 0.4) is 0 Å². The molecule has 1 aromatic carbocycles. The fourth-order valence-electron chi connectivity index (χ4n) is 1.04. The third-order valence-corrected chi connectivity index (χ3v) is 1.87. The van der Waals surface area contributed by atoms with E-state index in [0.717, 1.165) is 0 Å². The van der Waals surface area contributed by atoms with Gasteiger partial charge in [-0.1, -0.05) is 30.3 Å². The Bertz CT molecular complexity index is 210. The zero-order valence-electron chi connectivity index (χ0n) is 7.16. The third-order valence-electron chi connectivity index (χ3n) is 1.71. The highest BCUT2D eigenvalue weighted by Crippen LogP contribution is 2.15. The molecule has 0 spiro atoms. The highest BCUT2D eigenvalue weighted by atomic mass is 35.5. The van der Waals surface area contributed by atoms with Crippen LogP contribution in [0.2, 0.25) is 0 Å². The first-order valence-electron chi connectivity index (χ1n) is 4.07. The standard InChI is InChI=1S/C10H13ClO/c1-9(12-8-7-11)10-5-3-2-4-6-10/h2-6,9H,7-8H2,1H3. The molecule has 0 radical (unpaired) electrons. The van der Waals surface area contributed by atoms with E-state index in [1.807, 2.05) is 25.1 Å². The summed E-state index contributed by atoms with van der Waals surface area (Å²) in [4.78, 5) is 0. The van der Waals surface area contributed by atoms with E-state index in [2.05, 4.69) is 12.1 Å². The molecule has 66 valence electrons. The average Bonchev–Trinajstić information content (AvgIpc) is 2.15. The maximum Gasteiger partial charge on any atom is 0.0797 e. The Morgan fingerprint density at radius 2 is 2.00 bits per heavy atom. The lowest BCUT2D eigenvalue weighted by Crippen LogP contribution is -2.01. The van der Waals surface area contributed by atoms with Gasteiger partial charge in [0.1, 0.15) is 0 Å². The fraction of sp³-hybridized carbons (Fsp3) is 0.400. The molecule has 0 heterocycles. The van der Waals surface area contributed by atoms with Gasteiger partial charge in [0.2, 0.25) is 0 Å². The Hall–Kier alpha value is -0.530. The smallest absolute Gasteiger partial charge is 0.0797 e. The van der Waals surface area contributed by atoms with Crippen molar-refractivity contribution in [1.82, 2.24) is 0 Å². The molecule has 1 rings (SSSR count). The topological polar surface area (TPSA) is 9.23 Å². The minimum atomic E-state index is 0.143. The highest BCUT2D eigenvalue weighted by Gasteiger charge is 2.02. The largest absolute Gasteiger partial charge is 0.373 e. The summed E-state index contributed by atoms with van der Waals surface area (Å²) < 4.78 is 5.45. The second kappa shape index (κ2) is 5.18. The van der Waals surface area contributed by atoms with Crippen LogP contribution in [0, 0.1) is 0 Å². The van der Waals surface area contributed by atoms with Gasteiger partial charge in [0.25, 0.3) is 0 Å². The van der Waals surface area contributed by atoms with Gasteiger partial charge >= 0.3 is 0 Å².